The van der Waals surface area contributed by atoms with Crippen molar-refractivity contribution in [2.45, 2.75) is 13.0 Å². The fourth-order valence-electron chi connectivity index (χ4n) is 2.81. The number of nitrogens with two attached hydrogens (primary N) is 1. The van der Waals surface area contributed by atoms with Gasteiger partial charge in [0.25, 0.3) is 0 Å². The van der Waals surface area contributed by atoms with Crippen molar-refractivity contribution in [3.05, 3.63) is 83.9 Å². The number of ether oxygens (including phenoxy) is 1. The van der Waals surface area contributed by atoms with Gasteiger partial charge >= 0.3 is 0 Å². The second-order valence-electron chi connectivity index (χ2n) is 6.04. The Morgan fingerprint density at radius 1 is 0.920 bits per heavy atom. The van der Waals surface area contributed by atoms with Gasteiger partial charge in [0.05, 0.1) is 6.54 Å². The van der Waals surface area contributed by atoms with Crippen molar-refractivity contribution in [3.63, 3.8) is 0 Å². The van der Waals surface area contributed by atoms with Crippen LogP contribution in [0.5, 0.6) is 11.5 Å². The molecular weight excluding hydrogens is 310 g/mol. The van der Waals surface area contributed by atoms with E-state index in [0.717, 1.165) is 40.7 Å². The summed E-state index contributed by atoms with van der Waals surface area (Å²) in [5.41, 5.74) is 10.0. The van der Waals surface area contributed by atoms with E-state index in [9.17, 15) is 0 Å². The van der Waals surface area contributed by atoms with Crippen LogP contribution < -0.4 is 15.8 Å². The van der Waals surface area contributed by atoms with E-state index in [2.05, 4.69) is 16.4 Å². The standard InChI is InChI=1S/C21H19N3O/c22-17-9-8-16-12-21(24-20(16)13-17)23-14-15-6-10-19(11-7-15)25-18-4-2-1-3-5-18/h1-11,13H,12,14,22H2,(H,23,24). The van der Waals surface area contributed by atoms with E-state index in [4.69, 9.17) is 10.5 Å². The third-order valence-corrected chi connectivity index (χ3v) is 4.13. The van der Waals surface area contributed by atoms with Gasteiger partial charge < -0.3 is 15.8 Å². The van der Waals surface area contributed by atoms with Gasteiger partial charge in [-0.2, -0.15) is 0 Å². The van der Waals surface area contributed by atoms with Crippen molar-refractivity contribution in [1.29, 1.82) is 0 Å². The topological polar surface area (TPSA) is 59.6 Å². The molecule has 0 atom stereocenters. The Balaban J connectivity index is 1.39. The molecule has 0 aromatic heterocycles. The summed E-state index contributed by atoms with van der Waals surface area (Å²) in [5.74, 6) is 2.64. The second kappa shape index (κ2) is 6.69. The number of nitrogen functional groups attached to an aromatic ring is 1. The number of nitrogens with zero attached hydrogens (tertiary/aromatic N) is 1. The molecule has 4 heteroatoms. The molecule has 0 radical (unpaired) electrons. The third kappa shape index (κ3) is 3.63. The molecule has 0 unspecified atom stereocenters. The lowest BCUT2D eigenvalue weighted by Gasteiger charge is -2.06. The molecule has 0 saturated carbocycles. The Morgan fingerprint density at radius 3 is 2.48 bits per heavy atom. The van der Waals surface area contributed by atoms with E-state index < -0.39 is 0 Å². The SMILES string of the molecule is Nc1ccc2c(c1)NC(=NCc1ccc(Oc3ccccc3)cc1)C2. The molecule has 0 bridgehead atoms. The number of nitrogens with one attached hydrogen (secondary N) is 1. The molecule has 1 aliphatic heterocycles. The first-order chi connectivity index (χ1) is 12.3. The van der Waals surface area contributed by atoms with Crippen molar-refractivity contribution >= 4 is 17.2 Å². The minimum Gasteiger partial charge on any atom is -0.457 e. The van der Waals surface area contributed by atoms with E-state index in [0.29, 0.717) is 6.54 Å². The first kappa shape index (κ1) is 15.3. The molecule has 0 aliphatic carbocycles. The number of rotatable bonds is 4. The number of anilines is 2. The largest absolute Gasteiger partial charge is 0.457 e. The second-order valence-corrected chi connectivity index (χ2v) is 6.04. The van der Waals surface area contributed by atoms with Crippen LogP contribution in [0.1, 0.15) is 11.1 Å². The van der Waals surface area contributed by atoms with Gasteiger partial charge in [-0.3, -0.25) is 4.99 Å². The molecule has 0 spiro atoms. The highest BCUT2D eigenvalue weighted by Gasteiger charge is 2.15. The van der Waals surface area contributed by atoms with Gasteiger partial charge in [0, 0.05) is 17.8 Å². The normalized spacial score (nSPS) is 14.2. The minimum atomic E-state index is 0.636. The number of aliphatic imine (C=N–C) groups is 1. The average Bonchev–Trinajstić information content (AvgIpc) is 3.04. The van der Waals surface area contributed by atoms with Crippen molar-refractivity contribution in [2.24, 2.45) is 4.99 Å². The quantitative estimate of drug-likeness (QED) is 0.686. The van der Waals surface area contributed by atoms with Crippen molar-refractivity contribution in [1.82, 2.24) is 0 Å². The molecule has 25 heavy (non-hydrogen) atoms. The van der Waals surface area contributed by atoms with E-state index in [1.165, 1.54) is 5.56 Å². The molecule has 1 aliphatic rings. The van der Waals surface area contributed by atoms with Gasteiger partial charge in [-0.25, -0.2) is 0 Å². The van der Waals surface area contributed by atoms with E-state index in [1.54, 1.807) is 0 Å². The Kier molecular flexibility index (Phi) is 4.09. The fourth-order valence-corrected chi connectivity index (χ4v) is 2.81. The predicted octanol–water partition coefficient (Wildman–Crippen LogP) is 4.63. The van der Waals surface area contributed by atoms with Gasteiger partial charge in [0.15, 0.2) is 0 Å². The fraction of sp³-hybridized carbons (Fsp3) is 0.0952. The smallest absolute Gasteiger partial charge is 0.127 e. The van der Waals surface area contributed by atoms with Crippen LogP contribution in [0.25, 0.3) is 0 Å². The highest BCUT2D eigenvalue weighted by atomic mass is 16.5. The molecule has 4 rings (SSSR count). The number of hydrogen-bond acceptors (Lipinski definition) is 3. The predicted molar refractivity (Wildman–Crippen MR) is 102 cm³/mol. The summed E-state index contributed by atoms with van der Waals surface area (Å²) in [5, 5.41) is 3.33. The first-order valence-corrected chi connectivity index (χ1v) is 8.27. The molecule has 0 fully saturated rings. The van der Waals surface area contributed by atoms with Gasteiger partial charge in [-0.05, 0) is 47.5 Å². The number of para-hydroxylation sites is 1. The van der Waals surface area contributed by atoms with Crippen LogP contribution in [0.4, 0.5) is 11.4 Å². The molecule has 3 aromatic rings. The number of amidine groups is 1. The summed E-state index contributed by atoms with van der Waals surface area (Å²) in [4.78, 5) is 4.68. The summed E-state index contributed by atoms with van der Waals surface area (Å²) in [6.07, 6.45) is 0.824. The van der Waals surface area contributed by atoms with Gasteiger partial charge in [0.2, 0.25) is 0 Å². The van der Waals surface area contributed by atoms with Crippen LogP contribution in [0.3, 0.4) is 0 Å². The van der Waals surface area contributed by atoms with Crippen molar-refractivity contribution in [3.8, 4) is 11.5 Å². The van der Waals surface area contributed by atoms with E-state index in [1.807, 2.05) is 66.7 Å². The van der Waals surface area contributed by atoms with E-state index >= 15 is 0 Å². The molecule has 4 nitrogen and oxygen atoms in total. The molecule has 124 valence electrons. The highest BCUT2D eigenvalue weighted by molar-refractivity contribution is 6.03. The van der Waals surface area contributed by atoms with Gasteiger partial charge in [-0.1, -0.05) is 36.4 Å². The molecule has 1 heterocycles. The minimum absolute atomic E-state index is 0.636. The van der Waals surface area contributed by atoms with Crippen LogP contribution in [0.2, 0.25) is 0 Å². The van der Waals surface area contributed by atoms with Gasteiger partial charge in [-0.15, -0.1) is 0 Å². The number of hydrogen-bond donors (Lipinski definition) is 2. The molecule has 3 N–H and O–H groups in total. The van der Waals surface area contributed by atoms with Crippen molar-refractivity contribution < 1.29 is 4.74 Å². The van der Waals surface area contributed by atoms with Crippen molar-refractivity contribution in [2.75, 3.05) is 11.1 Å². The summed E-state index contributed by atoms with van der Waals surface area (Å²) in [6, 6.07) is 23.7. The lowest BCUT2D eigenvalue weighted by molar-refractivity contribution is 0.482. The lowest BCUT2D eigenvalue weighted by atomic mass is 10.1. The molecule has 3 aromatic carbocycles. The van der Waals surface area contributed by atoms with Crippen LogP contribution in [-0.4, -0.2) is 5.84 Å². The Hall–Kier alpha value is -3.27. The number of benzene rings is 3. The zero-order valence-corrected chi connectivity index (χ0v) is 13.8. The van der Waals surface area contributed by atoms with Crippen LogP contribution in [0.15, 0.2) is 77.8 Å². The summed E-state index contributed by atoms with van der Waals surface area (Å²) >= 11 is 0. The first-order valence-electron chi connectivity index (χ1n) is 8.27. The Morgan fingerprint density at radius 2 is 1.68 bits per heavy atom. The maximum atomic E-state index is 5.82. The zero-order valence-electron chi connectivity index (χ0n) is 13.8. The summed E-state index contributed by atoms with van der Waals surface area (Å²) in [7, 11) is 0. The molecule has 0 amide bonds. The van der Waals surface area contributed by atoms with Crippen LogP contribution in [0, 0.1) is 0 Å². The molecule has 0 saturated heterocycles. The average molecular weight is 329 g/mol. The zero-order chi connectivity index (χ0) is 17.1. The monoisotopic (exact) mass is 329 g/mol. The summed E-state index contributed by atoms with van der Waals surface area (Å²) < 4.78 is 5.80. The lowest BCUT2D eigenvalue weighted by Crippen LogP contribution is -2.06. The Labute approximate surface area is 147 Å². The van der Waals surface area contributed by atoms with Crippen LogP contribution in [-0.2, 0) is 13.0 Å². The van der Waals surface area contributed by atoms with Gasteiger partial charge in [0.1, 0.15) is 17.3 Å². The number of fused-ring (bicyclic) bond motifs is 1. The third-order valence-electron chi connectivity index (χ3n) is 4.13. The molecular formula is C21H19N3O. The highest BCUT2D eigenvalue weighted by Crippen LogP contribution is 2.26. The maximum absolute atomic E-state index is 5.82. The summed E-state index contributed by atoms with van der Waals surface area (Å²) in [6.45, 7) is 0.636. The maximum Gasteiger partial charge on any atom is 0.127 e. The Bertz CT molecular complexity index is 902. The van der Waals surface area contributed by atoms with Crippen LogP contribution >= 0.6 is 0 Å². The van der Waals surface area contributed by atoms with E-state index in [-0.39, 0.29) is 0 Å².